The highest BCUT2D eigenvalue weighted by Crippen LogP contribution is 2.26. The van der Waals surface area contributed by atoms with Gasteiger partial charge in [0.15, 0.2) is 0 Å². The predicted molar refractivity (Wildman–Crippen MR) is 169 cm³/mol. The number of aromatic nitrogens is 3. The molecule has 0 aliphatic carbocycles. The first kappa shape index (κ1) is 32.6. The maximum absolute atomic E-state index is 14.6. The summed E-state index contributed by atoms with van der Waals surface area (Å²) in [6.45, 7) is 5.98. The fourth-order valence-electron chi connectivity index (χ4n) is 4.67. The summed E-state index contributed by atoms with van der Waals surface area (Å²) >= 11 is 0. The topological polar surface area (TPSA) is 154 Å². The van der Waals surface area contributed by atoms with Crippen LogP contribution in [0.15, 0.2) is 65.8 Å². The number of benzene rings is 2. The van der Waals surface area contributed by atoms with Crippen molar-refractivity contribution >= 4 is 46.3 Å². The van der Waals surface area contributed by atoms with Gasteiger partial charge in [-0.25, -0.2) is 19.2 Å². The molecule has 12 nitrogen and oxygen atoms in total. The predicted octanol–water partition coefficient (Wildman–Crippen LogP) is 5.13. The van der Waals surface area contributed by atoms with Gasteiger partial charge in [0.05, 0.1) is 42.3 Å². The molecule has 1 atom stereocenters. The minimum absolute atomic E-state index is 0.0147. The van der Waals surface area contributed by atoms with Crippen molar-refractivity contribution in [1.82, 2.24) is 14.5 Å². The average Bonchev–Trinajstić information content (AvgIpc) is 3.37. The van der Waals surface area contributed by atoms with Gasteiger partial charge in [-0.15, -0.1) is 0 Å². The molecule has 2 aromatic heterocycles. The number of imidazole rings is 1. The van der Waals surface area contributed by atoms with Gasteiger partial charge in [0.25, 0.3) is 5.91 Å². The first-order valence-electron chi connectivity index (χ1n) is 14.5. The molecule has 1 unspecified atom stereocenters. The molecule has 0 aliphatic heterocycles. The number of carbonyl (C=O) groups is 3. The summed E-state index contributed by atoms with van der Waals surface area (Å²) < 4.78 is 26.4. The van der Waals surface area contributed by atoms with Crippen LogP contribution in [0.3, 0.4) is 0 Å². The molecule has 45 heavy (non-hydrogen) atoms. The number of carbonyl (C=O) groups excluding carboxylic acids is 3. The molecule has 2 amide bonds. The molecule has 2 heterocycles. The summed E-state index contributed by atoms with van der Waals surface area (Å²) in [4.78, 5) is 51.7. The Hall–Kier alpha value is -5.33. The van der Waals surface area contributed by atoms with Gasteiger partial charge in [0, 0.05) is 31.0 Å². The molecule has 4 rings (SSSR count). The molecule has 236 valence electrons. The Balaban J connectivity index is 1.57. The second kappa shape index (κ2) is 14.9. The van der Waals surface area contributed by atoms with Crippen molar-refractivity contribution in [3.05, 3.63) is 83.6 Å². The number of nitrogens with zero attached hydrogens (tertiary/aromatic N) is 5. The molecule has 0 spiro atoms. The van der Waals surface area contributed by atoms with E-state index in [2.05, 4.69) is 15.3 Å². The third-order valence-corrected chi connectivity index (χ3v) is 6.83. The molecule has 0 saturated heterocycles. The van der Waals surface area contributed by atoms with Crippen molar-refractivity contribution in [2.45, 2.75) is 39.7 Å². The number of anilines is 2. The average molecular weight is 618 g/mol. The van der Waals surface area contributed by atoms with Crippen molar-refractivity contribution in [3.8, 4) is 0 Å². The Morgan fingerprint density at radius 3 is 2.62 bits per heavy atom. The Morgan fingerprint density at radius 2 is 1.91 bits per heavy atom. The quantitative estimate of drug-likeness (QED) is 0.125. The van der Waals surface area contributed by atoms with E-state index in [1.165, 1.54) is 17.0 Å². The van der Waals surface area contributed by atoms with Crippen LogP contribution in [-0.4, -0.2) is 58.1 Å². The van der Waals surface area contributed by atoms with Gasteiger partial charge in [0.2, 0.25) is 0 Å². The van der Waals surface area contributed by atoms with E-state index in [4.69, 9.17) is 20.2 Å². The molecule has 0 fully saturated rings. The van der Waals surface area contributed by atoms with E-state index in [1.54, 1.807) is 55.6 Å². The highest BCUT2D eigenvalue weighted by atomic mass is 19.1. The normalized spacial score (nSPS) is 12.1. The van der Waals surface area contributed by atoms with Crippen LogP contribution < -0.4 is 16.0 Å². The number of aliphatic imine (C=N–C) groups is 1. The summed E-state index contributed by atoms with van der Waals surface area (Å²) in [6, 6.07) is 14.3. The number of amides is 2. The molecule has 0 saturated carbocycles. The highest BCUT2D eigenvalue weighted by molar-refractivity contribution is 6.07. The van der Waals surface area contributed by atoms with Gasteiger partial charge in [-0.2, -0.15) is 4.99 Å². The van der Waals surface area contributed by atoms with Crippen molar-refractivity contribution in [2.75, 3.05) is 30.0 Å². The molecule has 0 bridgehead atoms. The van der Waals surface area contributed by atoms with Gasteiger partial charge in [-0.05, 0) is 68.8 Å². The lowest BCUT2D eigenvalue weighted by Crippen LogP contribution is -2.34. The molecule has 2 aromatic carbocycles. The number of pyridine rings is 1. The maximum atomic E-state index is 14.6. The fourth-order valence-corrected chi connectivity index (χ4v) is 4.67. The van der Waals surface area contributed by atoms with E-state index < -0.39 is 17.9 Å². The van der Waals surface area contributed by atoms with E-state index in [-0.39, 0.29) is 49.5 Å². The fraction of sp³-hybridized carbons (Fsp3) is 0.312. The minimum atomic E-state index is -0.889. The Kier molecular flexibility index (Phi) is 10.8. The van der Waals surface area contributed by atoms with Crippen LogP contribution in [0.4, 0.5) is 20.7 Å². The van der Waals surface area contributed by atoms with Crippen LogP contribution >= 0.6 is 0 Å². The molecular weight excluding hydrogens is 581 g/mol. The summed E-state index contributed by atoms with van der Waals surface area (Å²) in [5, 5.41) is 3.28. The summed E-state index contributed by atoms with van der Waals surface area (Å²) in [5.74, 6) is -0.625. The maximum Gasteiger partial charge on any atom is 0.435 e. The Bertz CT molecular complexity index is 1710. The number of ether oxygens (including phenoxy) is 2. The molecule has 0 aliphatic rings. The number of aryl methyl sites for hydroxylation is 1. The number of hydrogen-bond acceptors (Lipinski definition) is 8. The molecule has 3 N–H and O–H groups in total. The zero-order valence-corrected chi connectivity index (χ0v) is 25.6. The zero-order chi connectivity index (χ0) is 32.5. The number of esters is 1. The van der Waals surface area contributed by atoms with E-state index in [0.29, 0.717) is 34.8 Å². The van der Waals surface area contributed by atoms with Crippen molar-refractivity contribution in [3.63, 3.8) is 0 Å². The molecule has 4 aromatic rings. The van der Waals surface area contributed by atoms with Crippen LogP contribution in [0.1, 0.15) is 61.4 Å². The number of amidine groups is 1. The van der Waals surface area contributed by atoms with E-state index in [9.17, 15) is 18.8 Å². The second-order valence-electron chi connectivity index (χ2n) is 10.1. The van der Waals surface area contributed by atoms with E-state index in [1.807, 2.05) is 25.5 Å². The van der Waals surface area contributed by atoms with Crippen LogP contribution in [-0.2, 0) is 21.3 Å². The van der Waals surface area contributed by atoms with Gasteiger partial charge in [0.1, 0.15) is 23.3 Å². The highest BCUT2D eigenvalue weighted by Gasteiger charge is 2.22. The van der Waals surface area contributed by atoms with Crippen LogP contribution in [0.2, 0.25) is 0 Å². The van der Waals surface area contributed by atoms with Crippen LogP contribution in [0.5, 0.6) is 0 Å². The van der Waals surface area contributed by atoms with E-state index >= 15 is 0 Å². The zero-order valence-electron chi connectivity index (χ0n) is 25.6. The lowest BCUT2D eigenvalue weighted by atomic mass is 10.1. The number of rotatable bonds is 12. The van der Waals surface area contributed by atoms with Gasteiger partial charge >= 0.3 is 12.1 Å². The molecule has 13 heteroatoms. The van der Waals surface area contributed by atoms with E-state index in [0.717, 1.165) is 5.52 Å². The van der Waals surface area contributed by atoms with Crippen LogP contribution in [0, 0.1) is 5.82 Å². The Labute approximate surface area is 260 Å². The summed E-state index contributed by atoms with van der Waals surface area (Å²) in [7, 11) is 1.85. The SMILES string of the molecule is CCCOC(=O)/N=C(\N)c1cc(NC(C)c2nc3cc(C(=O)N(CCC(=O)OCC)c4ccccn4)ccc3n2C)ccc1F. The van der Waals surface area contributed by atoms with Crippen molar-refractivity contribution in [1.29, 1.82) is 0 Å². The third-order valence-electron chi connectivity index (χ3n) is 6.83. The smallest absolute Gasteiger partial charge is 0.435 e. The lowest BCUT2D eigenvalue weighted by Gasteiger charge is -2.21. The monoisotopic (exact) mass is 617 g/mol. The largest absolute Gasteiger partial charge is 0.466 e. The van der Waals surface area contributed by atoms with Crippen molar-refractivity contribution in [2.24, 2.45) is 17.8 Å². The number of halogens is 1. The first-order chi connectivity index (χ1) is 21.6. The van der Waals surface area contributed by atoms with Gasteiger partial charge < -0.3 is 25.1 Å². The number of nitrogens with one attached hydrogen (secondary N) is 1. The number of nitrogens with two attached hydrogens (primary N) is 1. The lowest BCUT2D eigenvalue weighted by molar-refractivity contribution is -0.142. The molecule has 0 radical (unpaired) electrons. The number of hydrogen-bond donors (Lipinski definition) is 2. The van der Waals surface area contributed by atoms with Crippen LogP contribution in [0.25, 0.3) is 11.0 Å². The first-order valence-corrected chi connectivity index (χ1v) is 14.5. The van der Waals surface area contributed by atoms with Gasteiger partial charge in [-0.1, -0.05) is 13.0 Å². The number of fused-ring (bicyclic) bond motifs is 1. The van der Waals surface area contributed by atoms with Crippen molar-refractivity contribution < 1.29 is 28.2 Å². The summed E-state index contributed by atoms with van der Waals surface area (Å²) in [6.07, 6.45) is 1.32. The second-order valence-corrected chi connectivity index (χ2v) is 10.1. The summed E-state index contributed by atoms with van der Waals surface area (Å²) in [5.41, 5.74) is 8.12. The Morgan fingerprint density at radius 1 is 1.11 bits per heavy atom. The third kappa shape index (κ3) is 7.99. The van der Waals surface area contributed by atoms with Gasteiger partial charge in [-0.3, -0.25) is 14.5 Å². The standard InChI is InChI=1S/C32H36FN7O5/c1-5-17-45-32(43)38-29(34)23-19-22(11-12-24(23)33)36-20(3)30-37-25-18-21(10-13-26(25)39(30)4)31(42)40(16-14-28(41)44-6-2)27-9-7-8-15-35-27/h7-13,15,18-20,36H,5-6,14,16-17H2,1-4H3,(H2,34,38,43). The molecular formula is C32H36FN7O5. The minimum Gasteiger partial charge on any atom is -0.466 e.